The van der Waals surface area contributed by atoms with E-state index in [1.54, 1.807) is 0 Å². The third kappa shape index (κ3) is 3.60. The quantitative estimate of drug-likeness (QED) is 0.313. The molecule has 6 fully saturated rings. The Kier molecular flexibility index (Phi) is 6.51. The first-order valence-corrected chi connectivity index (χ1v) is 17.2. The smallest absolute Gasteiger partial charge is 0.187 e. The standard InChI is InChI=1S/C36H58O6/c1-30(2)14-15-32(5)16-17-33(6)21(22(32)18-30)8-13-36-20-35(36)12-10-25(31(3,4)24(35)9-11-34(33,36)7)41-29-27(40)26(39)28(42-29)23(38)19-37/h8,22-29,37-40H,9-20H2,1-7H3. The number of hydrogen-bond acceptors (Lipinski definition) is 6. The van der Waals surface area contributed by atoms with Gasteiger partial charge in [0.2, 0.25) is 0 Å². The first-order valence-electron chi connectivity index (χ1n) is 17.2. The van der Waals surface area contributed by atoms with E-state index in [0.717, 1.165) is 18.8 Å². The fourth-order valence-corrected chi connectivity index (χ4v) is 12.9. The van der Waals surface area contributed by atoms with Crippen LogP contribution < -0.4 is 0 Å². The highest BCUT2D eigenvalue weighted by Crippen LogP contribution is 2.90. The number of aliphatic hydroxyl groups is 4. The van der Waals surface area contributed by atoms with Crippen molar-refractivity contribution in [2.24, 2.45) is 49.7 Å². The van der Waals surface area contributed by atoms with Crippen LogP contribution in [0.15, 0.2) is 11.6 Å². The van der Waals surface area contributed by atoms with Gasteiger partial charge in [-0.3, -0.25) is 0 Å². The topological polar surface area (TPSA) is 99.4 Å². The van der Waals surface area contributed by atoms with Gasteiger partial charge in [-0.1, -0.05) is 60.1 Å². The lowest BCUT2D eigenvalue weighted by Crippen LogP contribution is -2.61. The molecule has 238 valence electrons. The largest absolute Gasteiger partial charge is 0.394 e. The second-order valence-corrected chi connectivity index (χ2v) is 18.3. The number of hydrogen-bond donors (Lipinski definition) is 4. The highest BCUT2D eigenvalue weighted by Gasteiger charge is 2.84. The van der Waals surface area contributed by atoms with Gasteiger partial charge in [0, 0.05) is 0 Å². The summed E-state index contributed by atoms with van der Waals surface area (Å²) in [6.07, 6.45) is 10.7. The molecule has 0 aromatic heterocycles. The van der Waals surface area contributed by atoms with E-state index < -0.39 is 37.3 Å². The van der Waals surface area contributed by atoms with Gasteiger partial charge >= 0.3 is 0 Å². The van der Waals surface area contributed by atoms with Crippen LogP contribution in [0.25, 0.3) is 0 Å². The van der Waals surface area contributed by atoms with Crippen LogP contribution >= 0.6 is 0 Å². The van der Waals surface area contributed by atoms with Crippen molar-refractivity contribution in [1.29, 1.82) is 0 Å². The molecule has 6 heteroatoms. The summed E-state index contributed by atoms with van der Waals surface area (Å²) >= 11 is 0. The molecule has 7 rings (SSSR count). The molecule has 7 aliphatic rings. The van der Waals surface area contributed by atoms with E-state index in [1.807, 2.05) is 5.57 Å². The van der Waals surface area contributed by atoms with Crippen LogP contribution in [0.3, 0.4) is 0 Å². The number of aliphatic hydroxyl groups excluding tert-OH is 4. The average Bonchev–Trinajstić information content (AvgIpc) is 3.52. The molecule has 6 nitrogen and oxygen atoms in total. The minimum absolute atomic E-state index is 0.0999. The van der Waals surface area contributed by atoms with Crippen LogP contribution in [-0.2, 0) is 9.47 Å². The van der Waals surface area contributed by atoms with E-state index in [-0.39, 0.29) is 16.9 Å². The summed E-state index contributed by atoms with van der Waals surface area (Å²) in [5.41, 5.74) is 3.91. The predicted octanol–water partition coefficient (Wildman–Crippen LogP) is 5.75. The highest BCUT2D eigenvalue weighted by molar-refractivity contribution is 5.41. The van der Waals surface area contributed by atoms with Crippen LogP contribution in [0.2, 0.25) is 0 Å². The predicted molar refractivity (Wildman–Crippen MR) is 161 cm³/mol. The van der Waals surface area contributed by atoms with E-state index in [2.05, 4.69) is 54.5 Å². The van der Waals surface area contributed by atoms with Gasteiger partial charge < -0.3 is 29.9 Å². The molecule has 1 aliphatic heterocycles. The average molecular weight is 587 g/mol. The first kappa shape index (κ1) is 30.2. The number of fused-ring (bicyclic) bond motifs is 4. The molecule has 2 spiro atoms. The maximum Gasteiger partial charge on any atom is 0.187 e. The van der Waals surface area contributed by atoms with Crippen molar-refractivity contribution in [3.8, 4) is 0 Å². The molecule has 0 aromatic carbocycles. The van der Waals surface area contributed by atoms with E-state index in [4.69, 9.17) is 9.47 Å². The van der Waals surface area contributed by atoms with E-state index >= 15 is 0 Å². The van der Waals surface area contributed by atoms with Crippen molar-refractivity contribution in [2.75, 3.05) is 6.61 Å². The molecule has 6 aliphatic carbocycles. The lowest BCUT2D eigenvalue weighted by atomic mass is 9.36. The molecule has 0 radical (unpaired) electrons. The van der Waals surface area contributed by atoms with Crippen molar-refractivity contribution < 1.29 is 29.9 Å². The number of rotatable bonds is 4. The lowest BCUT2D eigenvalue weighted by Gasteiger charge is -2.68. The molecule has 1 heterocycles. The zero-order chi connectivity index (χ0) is 30.3. The van der Waals surface area contributed by atoms with Gasteiger partial charge in [0.05, 0.1) is 12.7 Å². The Morgan fingerprint density at radius 2 is 1.64 bits per heavy atom. The van der Waals surface area contributed by atoms with Gasteiger partial charge in [-0.2, -0.15) is 0 Å². The third-order valence-corrected chi connectivity index (χ3v) is 15.9. The SMILES string of the molecule is CC1(C)CCC2(C)CCC3(C)C(=CCC45CC46CCC(OC4OC(C(O)CO)C(O)C4O)C(C)(C)C6CCC35C)C2C1. The molecule has 0 aromatic rings. The summed E-state index contributed by atoms with van der Waals surface area (Å²) in [7, 11) is 0. The van der Waals surface area contributed by atoms with Gasteiger partial charge in [0.25, 0.3) is 0 Å². The van der Waals surface area contributed by atoms with E-state index in [1.165, 1.54) is 57.8 Å². The first-order chi connectivity index (χ1) is 19.5. The molecule has 42 heavy (non-hydrogen) atoms. The Hall–Kier alpha value is -0.500. The molecular formula is C36H58O6. The second-order valence-electron chi connectivity index (χ2n) is 18.3. The van der Waals surface area contributed by atoms with E-state index in [0.29, 0.717) is 33.0 Å². The van der Waals surface area contributed by atoms with Crippen molar-refractivity contribution >= 4 is 0 Å². The number of allylic oxidation sites excluding steroid dienone is 2. The Balaban J connectivity index is 1.16. The fourth-order valence-electron chi connectivity index (χ4n) is 12.9. The molecule has 4 N–H and O–H groups in total. The van der Waals surface area contributed by atoms with Gasteiger partial charge in [-0.05, 0) is 120 Å². The van der Waals surface area contributed by atoms with Crippen LogP contribution in [-0.4, -0.2) is 63.8 Å². The second kappa shape index (κ2) is 9.06. The summed E-state index contributed by atoms with van der Waals surface area (Å²) in [5.74, 6) is 1.27. The van der Waals surface area contributed by atoms with Crippen molar-refractivity contribution in [3.63, 3.8) is 0 Å². The van der Waals surface area contributed by atoms with Crippen LogP contribution in [0, 0.1) is 49.7 Å². The molecule has 0 amide bonds. The molecule has 0 bridgehead atoms. The summed E-state index contributed by atoms with van der Waals surface area (Å²) in [6, 6.07) is 0. The Labute approximate surface area is 253 Å². The zero-order valence-corrected chi connectivity index (χ0v) is 27.3. The van der Waals surface area contributed by atoms with Gasteiger partial charge in [0.15, 0.2) is 6.29 Å². The van der Waals surface area contributed by atoms with E-state index in [9.17, 15) is 20.4 Å². The van der Waals surface area contributed by atoms with Crippen LogP contribution in [0.1, 0.15) is 119 Å². The van der Waals surface area contributed by atoms with Crippen molar-refractivity contribution in [3.05, 3.63) is 11.6 Å². The summed E-state index contributed by atoms with van der Waals surface area (Å²) in [4.78, 5) is 0. The fraction of sp³-hybridized carbons (Fsp3) is 0.944. The van der Waals surface area contributed by atoms with Crippen LogP contribution in [0.4, 0.5) is 0 Å². The van der Waals surface area contributed by atoms with Crippen molar-refractivity contribution in [2.45, 2.75) is 156 Å². The Bertz CT molecular complexity index is 1150. The number of ether oxygens (including phenoxy) is 2. The molecule has 13 atom stereocenters. The Morgan fingerprint density at radius 1 is 0.929 bits per heavy atom. The minimum Gasteiger partial charge on any atom is -0.394 e. The molecular weight excluding hydrogens is 528 g/mol. The lowest BCUT2D eigenvalue weighted by molar-refractivity contribution is -0.247. The molecule has 5 saturated carbocycles. The monoisotopic (exact) mass is 586 g/mol. The minimum atomic E-state index is -1.28. The maximum atomic E-state index is 10.7. The summed E-state index contributed by atoms with van der Waals surface area (Å²) < 4.78 is 12.3. The maximum absolute atomic E-state index is 10.7. The van der Waals surface area contributed by atoms with Gasteiger partial charge in [0.1, 0.15) is 24.4 Å². The summed E-state index contributed by atoms with van der Waals surface area (Å²) in [6.45, 7) is 17.2. The summed E-state index contributed by atoms with van der Waals surface area (Å²) in [5, 5.41) is 40.7. The normalized spacial score (nSPS) is 56.2. The molecule has 13 unspecified atom stereocenters. The Morgan fingerprint density at radius 3 is 2.36 bits per heavy atom. The highest BCUT2D eigenvalue weighted by atomic mass is 16.7. The van der Waals surface area contributed by atoms with Gasteiger partial charge in [-0.25, -0.2) is 0 Å². The van der Waals surface area contributed by atoms with Crippen LogP contribution in [0.5, 0.6) is 0 Å². The molecule has 1 saturated heterocycles. The zero-order valence-electron chi connectivity index (χ0n) is 27.3. The van der Waals surface area contributed by atoms with Gasteiger partial charge in [-0.15, -0.1) is 0 Å². The third-order valence-electron chi connectivity index (χ3n) is 15.9. The van der Waals surface area contributed by atoms with Crippen molar-refractivity contribution in [1.82, 2.24) is 0 Å².